The van der Waals surface area contributed by atoms with Crippen molar-refractivity contribution in [2.45, 2.75) is 0 Å². The first kappa shape index (κ1) is 87.5. The number of hydrogen-bond acceptors (Lipinski definition) is 0. The van der Waals surface area contributed by atoms with E-state index in [9.17, 15) is 0 Å². The van der Waals surface area contributed by atoms with Crippen molar-refractivity contribution in [2.24, 2.45) is 0 Å². The highest BCUT2D eigenvalue weighted by atomic mass is 15.0. The fourth-order valence-corrected chi connectivity index (χ4v) is 22.9. The lowest BCUT2D eigenvalue weighted by molar-refractivity contribution is 1.18. The van der Waals surface area contributed by atoms with Crippen molar-refractivity contribution >= 4 is 152 Å². The van der Waals surface area contributed by atoms with Gasteiger partial charge in [-0.25, -0.2) is 0 Å². The van der Waals surface area contributed by atoms with Gasteiger partial charge < -0.3 is 18.3 Å². The molecule has 0 aliphatic heterocycles. The number of para-hydroxylation sites is 6. The molecule has 4 nitrogen and oxygen atoms in total. The number of aromatic nitrogens is 4. The highest BCUT2D eigenvalue weighted by Gasteiger charge is 2.22. The molecule has 692 valence electrons. The fourth-order valence-electron chi connectivity index (χ4n) is 22.9. The topological polar surface area (TPSA) is 19.7 Å². The Morgan fingerprint density at radius 2 is 0.236 bits per heavy atom. The van der Waals surface area contributed by atoms with Gasteiger partial charge in [-0.2, -0.15) is 0 Å². The molecule has 0 unspecified atom stereocenters. The molecule has 26 aromatic carbocycles. The van der Waals surface area contributed by atoms with Gasteiger partial charge in [-0.3, -0.25) is 0 Å². The second-order valence-corrected chi connectivity index (χ2v) is 38.4. The average Bonchev–Trinajstić information content (AvgIpc) is 1.74. The Labute approximate surface area is 858 Å². The van der Waals surface area contributed by atoms with E-state index < -0.39 is 0 Å². The summed E-state index contributed by atoms with van der Waals surface area (Å²) in [6.45, 7) is 0. The van der Waals surface area contributed by atoms with E-state index >= 15 is 0 Å². The van der Waals surface area contributed by atoms with Crippen LogP contribution in [-0.4, -0.2) is 18.3 Å². The highest BCUT2D eigenvalue weighted by molar-refractivity contribution is 6.28. The van der Waals surface area contributed by atoms with E-state index in [4.69, 9.17) is 0 Å². The molecule has 0 aliphatic rings. The third kappa shape index (κ3) is 15.8. The van der Waals surface area contributed by atoms with Gasteiger partial charge in [-0.1, -0.05) is 461 Å². The summed E-state index contributed by atoms with van der Waals surface area (Å²) in [6, 6.07) is 210. The number of benzene rings is 26. The number of hydrogen-bond donors (Lipinski definition) is 0. The van der Waals surface area contributed by atoms with Gasteiger partial charge in [0.05, 0.1) is 44.1 Å². The van der Waals surface area contributed by atoms with Gasteiger partial charge in [-0.05, 0) is 275 Å². The van der Waals surface area contributed by atoms with Crippen molar-refractivity contribution in [1.82, 2.24) is 18.3 Å². The summed E-state index contributed by atoms with van der Waals surface area (Å²) in [6.07, 6.45) is 0. The fraction of sp³-hybridized carbons (Fsp3) is 0. The maximum absolute atomic E-state index is 2.42. The van der Waals surface area contributed by atoms with E-state index in [1.54, 1.807) is 0 Å². The smallest absolute Gasteiger partial charge is 0.0547 e. The molecule has 4 heteroatoms. The summed E-state index contributed by atoms with van der Waals surface area (Å²) in [7, 11) is 0. The first-order valence-electron chi connectivity index (χ1n) is 51.0. The molecule has 0 bridgehead atoms. The molecule has 0 saturated carbocycles. The number of nitrogens with zero attached hydrogens (tertiary/aromatic N) is 4. The van der Waals surface area contributed by atoms with E-state index in [0.29, 0.717) is 0 Å². The van der Waals surface area contributed by atoms with Gasteiger partial charge in [0.2, 0.25) is 0 Å². The van der Waals surface area contributed by atoms with Gasteiger partial charge >= 0.3 is 0 Å². The molecule has 0 saturated heterocycles. The van der Waals surface area contributed by atoms with Crippen LogP contribution in [-0.2, 0) is 0 Å². The van der Waals surface area contributed by atoms with Crippen molar-refractivity contribution in [2.75, 3.05) is 0 Å². The van der Waals surface area contributed by atoms with Crippen molar-refractivity contribution < 1.29 is 0 Å². The van der Waals surface area contributed by atoms with Crippen LogP contribution in [0.25, 0.3) is 264 Å². The molecular weight excluding hydrogens is 1790 g/mol. The third-order valence-corrected chi connectivity index (χ3v) is 30.0. The Kier molecular flexibility index (Phi) is 22.3. The minimum Gasteiger partial charge on any atom is -0.309 e. The van der Waals surface area contributed by atoms with Crippen LogP contribution in [0.2, 0.25) is 0 Å². The minimum atomic E-state index is 1.16. The minimum absolute atomic E-state index is 1.16. The number of fused-ring (bicyclic) bond motifs is 24. The van der Waals surface area contributed by atoms with Crippen LogP contribution < -0.4 is 0 Å². The third-order valence-electron chi connectivity index (χ3n) is 30.0. The molecule has 4 heterocycles. The first-order valence-corrected chi connectivity index (χ1v) is 51.0. The Balaban J connectivity index is 0.0000000980. The molecule has 0 aliphatic carbocycles. The van der Waals surface area contributed by atoms with Gasteiger partial charge in [0.25, 0.3) is 0 Å². The van der Waals surface area contributed by atoms with Gasteiger partial charge in [-0.15, -0.1) is 0 Å². The Bertz CT molecular complexity index is 10100. The van der Waals surface area contributed by atoms with E-state index in [-0.39, 0.29) is 0 Å². The van der Waals surface area contributed by atoms with Crippen LogP contribution in [0, 0.1) is 0 Å². The van der Waals surface area contributed by atoms with Crippen molar-refractivity contribution in [3.8, 4) is 112 Å². The molecule has 0 amide bonds. The van der Waals surface area contributed by atoms with Crippen LogP contribution in [0.15, 0.2) is 582 Å². The standard InChI is InChI=1S/C42H27N.C36H23N.C36H25N.C30H21N/c1-2-11-28(12-3-1)31-22-24-39-38-19-8-9-20-41(38)43(42(39)27-31)32-14-10-13-29(25-32)30-21-23-37-35-17-5-4-15-33(35)34-16-6-7-18-36(34)40(37)26-30;1-2-11-29-27(9-1)28-10-3-4-12-30(28)34-23-25(19-22-31(29)34)24-17-20-26(21-18-24)37-35-15-7-5-13-32(35)33-14-6-8-16-36(33)37;1-3-10-26(11-4-1)28-18-21-32(22-19-28)37-35-17-8-7-16-33(35)34-23-20-31(25-36(34)37)30-15-9-14-29(24-30)27-12-5-2-6-13-27;1-2-9-22(10-3-1)24-11-8-12-25(21-24)23-17-19-26(20-18-23)31-29-15-6-4-13-27(29)28-14-5-7-16-30(28)31/h1-27H;1-23H;1-25H;1-21H. The summed E-state index contributed by atoms with van der Waals surface area (Å²) >= 11 is 0. The molecule has 30 aromatic rings. The molecular formula is C144H96N4. The zero-order chi connectivity index (χ0) is 97.9. The monoisotopic (exact) mass is 1880 g/mol. The molecule has 0 atom stereocenters. The molecule has 0 fully saturated rings. The second-order valence-electron chi connectivity index (χ2n) is 38.4. The largest absolute Gasteiger partial charge is 0.309 e. The molecule has 4 aromatic heterocycles. The maximum atomic E-state index is 2.42. The summed E-state index contributed by atoms with van der Waals surface area (Å²) < 4.78 is 9.54. The normalized spacial score (nSPS) is 11.5. The lowest BCUT2D eigenvalue weighted by Gasteiger charge is -2.13. The van der Waals surface area contributed by atoms with Crippen LogP contribution in [0.5, 0.6) is 0 Å². The quantitative estimate of drug-likeness (QED) is 0.109. The molecule has 0 radical (unpaired) electrons. The first-order chi connectivity index (χ1) is 73.4. The maximum Gasteiger partial charge on any atom is 0.0547 e. The second kappa shape index (κ2) is 37.7. The van der Waals surface area contributed by atoms with E-state index in [1.807, 2.05) is 0 Å². The highest BCUT2D eigenvalue weighted by Crippen LogP contribution is 2.46. The number of rotatable bonds is 12. The summed E-state index contributed by atoms with van der Waals surface area (Å²) in [5, 5.41) is 25.9. The predicted molar refractivity (Wildman–Crippen MR) is 632 cm³/mol. The SMILES string of the molecule is c1ccc(-c2ccc(-n3c4ccccc4c4ccc(-c5cccc(-c6ccccc6)c5)cc43)cc2)cc1.c1ccc(-c2ccc3c4ccccc4n(-c4cccc(-c5ccc6c7ccccc7c7ccccc7c6c5)c4)c3c2)cc1.c1ccc(-c2cccc(-c3ccc(-n4c5ccccc5c5ccccc54)cc3)c2)cc1.c1ccc2c(c1)c1ccccc1c1cc(-c3ccc(-n4c5ccccc5c5ccccc54)cc3)ccc21. The van der Waals surface area contributed by atoms with Crippen LogP contribution >= 0.6 is 0 Å². The summed E-state index contributed by atoms with van der Waals surface area (Å²) in [5.41, 5.74) is 34.2. The van der Waals surface area contributed by atoms with E-state index in [1.165, 1.54) is 258 Å². The average molecular weight is 1880 g/mol. The Morgan fingerprint density at radius 3 is 0.541 bits per heavy atom. The lowest BCUT2D eigenvalue weighted by atomic mass is 9.92. The molecule has 0 spiro atoms. The molecule has 148 heavy (non-hydrogen) atoms. The molecule has 0 N–H and O–H groups in total. The van der Waals surface area contributed by atoms with Crippen molar-refractivity contribution in [3.05, 3.63) is 582 Å². The Morgan fingerprint density at radius 1 is 0.0743 bits per heavy atom. The zero-order valence-electron chi connectivity index (χ0n) is 81.2. The molecule has 30 rings (SSSR count). The zero-order valence-corrected chi connectivity index (χ0v) is 81.2. The van der Waals surface area contributed by atoms with Crippen LogP contribution in [0.1, 0.15) is 0 Å². The van der Waals surface area contributed by atoms with Gasteiger partial charge in [0.15, 0.2) is 0 Å². The van der Waals surface area contributed by atoms with Crippen molar-refractivity contribution in [3.63, 3.8) is 0 Å². The lowest BCUT2D eigenvalue weighted by Crippen LogP contribution is -1.94. The summed E-state index contributed by atoms with van der Waals surface area (Å²) in [4.78, 5) is 0. The van der Waals surface area contributed by atoms with E-state index in [0.717, 1.165) is 5.69 Å². The predicted octanol–water partition coefficient (Wildman–Crippen LogP) is 39.4. The van der Waals surface area contributed by atoms with Crippen LogP contribution in [0.3, 0.4) is 0 Å². The van der Waals surface area contributed by atoms with E-state index in [2.05, 4.69) is 601 Å². The van der Waals surface area contributed by atoms with Crippen molar-refractivity contribution in [1.29, 1.82) is 0 Å². The van der Waals surface area contributed by atoms with Gasteiger partial charge in [0.1, 0.15) is 0 Å². The summed E-state index contributed by atoms with van der Waals surface area (Å²) in [5.74, 6) is 0. The van der Waals surface area contributed by atoms with Crippen LogP contribution in [0.4, 0.5) is 0 Å². The van der Waals surface area contributed by atoms with Gasteiger partial charge in [0, 0.05) is 65.8 Å². The Hall–Kier alpha value is -19.5.